The number of hydrogen-bond donors (Lipinski definition) is 2. The van der Waals surface area contributed by atoms with Gasteiger partial charge in [-0.25, -0.2) is 16.8 Å². The smallest absolute Gasteiger partial charge is 0.265 e. The Morgan fingerprint density at radius 1 is 0.656 bits per heavy atom. The predicted octanol–water partition coefficient (Wildman–Crippen LogP) is 5.91. The van der Waals surface area contributed by atoms with Crippen LogP contribution in [0.15, 0.2) is 64.4 Å². The van der Waals surface area contributed by atoms with Crippen LogP contribution in [0, 0.1) is 0 Å². The van der Waals surface area contributed by atoms with Crippen LogP contribution in [0.5, 0.6) is 5.75 Å². The molecule has 2 N–H and O–H groups in total. The summed E-state index contributed by atoms with van der Waals surface area (Å²) in [5.41, 5.74) is 0.275. The van der Waals surface area contributed by atoms with Gasteiger partial charge in [-0.2, -0.15) is 0 Å². The van der Waals surface area contributed by atoms with E-state index in [0.717, 1.165) is 6.07 Å². The van der Waals surface area contributed by atoms with Crippen molar-refractivity contribution >= 4 is 77.8 Å². The summed E-state index contributed by atoms with van der Waals surface area (Å²) in [5, 5.41) is 0.783. The first-order valence-electron chi connectivity index (χ1n) is 8.57. The van der Waals surface area contributed by atoms with Crippen molar-refractivity contribution in [3.63, 3.8) is 0 Å². The van der Waals surface area contributed by atoms with Crippen LogP contribution in [0.4, 0.5) is 11.4 Å². The summed E-state index contributed by atoms with van der Waals surface area (Å²) in [6.07, 6.45) is 0. The average molecular weight is 556 g/mol. The van der Waals surface area contributed by atoms with Crippen LogP contribution < -0.4 is 14.2 Å². The maximum atomic E-state index is 13.0. The minimum absolute atomic E-state index is 0.0638. The fourth-order valence-electron chi connectivity index (χ4n) is 2.58. The van der Waals surface area contributed by atoms with Crippen molar-refractivity contribution in [1.29, 1.82) is 0 Å². The lowest BCUT2D eigenvalue weighted by Gasteiger charge is -2.14. The van der Waals surface area contributed by atoms with Crippen LogP contribution in [0.2, 0.25) is 20.1 Å². The van der Waals surface area contributed by atoms with Gasteiger partial charge in [0.15, 0.2) is 0 Å². The van der Waals surface area contributed by atoms with E-state index in [1.54, 1.807) is 0 Å². The van der Waals surface area contributed by atoms with Crippen LogP contribution in [-0.4, -0.2) is 23.9 Å². The summed E-state index contributed by atoms with van der Waals surface area (Å²) in [7, 11) is -7.18. The van der Waals surface area contributed by atoms with Crippen LogP contribution in [0.1, 0.15) is 0 Å². The molecule has 0 bridgehead atoms. The minimum atomic E-state index is -4.26. The minimum Gasteiger partial charge on any atom is -0.495 e. The Bertz CT molecular complexity index is 1400. The number of halogens is 4. The first-order valence-corrected chi connectivity index (χ1v) is 13.0. The number of hydrogen-bond acceptors (Lipinski definition) is 5. The molecule has 0 heterocycles. The van der Waals surface area contributed by atoms with Gasteiger partial charge in [0.25, 0.3) is 20.0 Å². The largest absolute Gasteiger partial charge is 0.495 e. The van der Waals surface area contributed by atoms with E-state index in [1.165, 1.54) is 55.6 Å². The molecule has 0 aliphatic heterocycles. The zero-order valence-corrected chi connectivity index (χ0v) is 20.7. The molecule has 3 aromatic rings. The zero-order valence-electron chi connectivity index (χ0n) is 16.1. The Kier molecular flexibility index (Phi) is 7.38. The molecule has 0 saturated carbocycles. The number of ether oxygens (including phenoxy) is 1. The normalized spacial score (nSPS) is 11.8. The van der Waals surface area contributed by atoms with Gasteiger partial charge in [-0.05, 0) is 54.6 Å². The summed E-state index contributed by atoms with van der Waals surface area (Å²) in [6, 6.07) is 11.7. The SMILES string of the molecule is COc1ccc(S(=O)(=O)Nc2ccc(Cl)c(Cl)c2)cc1S(=O)(=O)Nc1ccc(Cl)c(Cl)c1. The molecule has 0 spiro atoms. The summed E-state index contributed by atoms with van der Waals surface area (Å²) in [6.45, 7) is 0. The van der Waals surface area contributed by atoms with E-state index in [1.807, 2.05) is 0 Å². The Morgan fingerprint density at radius 3 is 1.62 bits per heavy atom. The summed E-state index contributed by atoms with van der Waals surface area (Å²) in [4.78, 5) is -0.720. The van der Waals surface area contributed by atoms with Gasteiger partial charge in [-0.15, -0.1) is 0 Å². The van der Waals surface area contributed by atoms with E-state index in [2.05, 4.69) is 9.44 Å². The molecule has 0 aliphatic carbocycles. The van der Waals surface area contributed by atoms with Crippen molar-refractivity contribution in [2.45, 2.75) is 9.79 Å². The highest BCUT2D eigenvalue weighted by Crippen LogP contribution is 2.32. The van der Waals surface area contributed by atoms with Crippen LogP contribution in [-0.2, 0) is 20.0 Å². The third-order valence-corrected chi connectivity index (χ3v) is 8.34. The van der Waals surface area contributed by atoms with E-state index in [4.69, 9.17) is 51.1 Å². The highest BCUT2D eigenvalue weighted by atomic mass is 35.5. The van der Waals surface area contributed by atoms with Crippen molar-refractivity contribution in [2.24, 2.45) is 0 Å². The molecule has 0 aliphatic rings. The molecular formula is C19H14Cl4N2O5S2. The van der Waals surface area contributed by atoms with Gasteiger partial charge in [-0.3, -0.25) is 9.44 Å². The molecule has 0 radical (unpaired) electrons. The second-order valence-corrected chi connectivity index (χ2v) is 11.2. The molecule has 7 nitrogen and oxygen atoms in total. The molecule has 0 unspecified atom stereocenters. The summed E-state index contributed by atoms with van der Waals surface area (Å²) in [5.74, 6) is -0.0638. The van der Waals surface area contributed by atoms with E-state index < -0.39 is 24.9 Å². The second kappa shape index (κ2) is 9.54. The van der Waals surface area contributed by atoms with E-state index in [9.17, 15) is 16.8 Å². The first kappa shape index (κ1) is 24.8. The van der Waals surface area contributed by atoms with Crippen molar-refractivity contribution < 1.29 is 21.6 Å². The van der Waals surface area contributed by atoms with E-state index in [-0.39, 0.29) is 42.1 Å². The molecule has 170 valence electrons. The van der Waals surface area contributed by atoms with Crippen LogP contribution >= 0.6 is 46.4 Å². The highest BCUT2D eigenvalue weighted by Gasteiger charge is 2.25. The number of benzene rings is 3. The van der Waals surface area contributed by atoms with E-state index in [0.29, 0.717) is 0 Å². The third-order valence-electron chi connectivity index (χ3n) is 4.08. The highest BCUT2D eigenvalue weighted by molar-refractivity contribution is 7.93. The lowest BCUT2D eigenvalue weighted by Crippen LogP contribution is -2.17. The standard InChI is InChI=1S/C19H14Cl4N2O5S2/c1-30-18-7-4-13(31(26,27)24-11-2-5-14(20)16(22)8-11)10-19(18)32(28,29)25-12-3-6-15(21)17(23)9-12/h2-10,24-25H,1H3. The van der Waals surface area contributed by atoms with Crippen LogP contribution in [0.3, 0.4) is 0 Å². The molecular weight excluding hydrogens is 542 g/mol. The second-order valence-electron chi connectivity index (χ2n) is 6.28. The fraction of sp³-hybridized carbons (Fsp3) is 0.0526. The monoisotopic (exact) mass is 554 g/mol. The number of methoxy groups -OCH3 is 1. The molecule has 0 atom stereocenters. The molecule has 32 heavy (non-hydrogen) atoms. The number of sulfonamides is 2. The van der Waals surface area contributed by atoms with Gasteiger partial charge in [0.1, 0.15) is 10.6 Å². The molecule has 0 aromatic heterocycles. The topological polar surface area (TPSA) is 102 Å². The maximum Gasteiger partial charge on any atom is 0.265 e. The molecule has 13 heteroatoms. The lowest BCUT2D eigenvalue weighted by molar-refractivity contribution is 0.402. The van der Waals surface area contributed by atoms with E-state index >= 15 is 0 Å². The fourth-order valence-corrected chi connectivity index (χ4v) is 5.57. The van der Waals surface area contributed by atoms with Crippen molar-refractivity contribution in [3.8, 4) is 5.75 Å². The first-order chi connectivity index (χ1) is 14.9. The Balaban J connectivity index is 2.00. The molecule has 0 fully saturated rings. The van der Waals surface area contributed by atoms with Crippen molar-refractivity contribution in [2.75, 3.05) is 16.6 Å². The van der Waals surface area contributed by atoms with Gasteiger partial charge in [-0.1, -0.05) is 46.4 Å². The molecule has 3 rings (SSSR count). The van der Waals surface area contributed by atoms with Gasteiger partial charge < -0.3 is 4.74 Å². The van der Waals surface area contributed by atoms with Gasteiger partial charge in [0, 0.05) is 0 Å². The summed E-state index contributed by atoms with van der Waals surface area (Å²) < 4.78 is 61.4. The quantitative estimate of drug-likeness (QED) is 0.377. The van der Waals surface area contributed by atoms with Crippen molar-refractivity contribution in [1.82, 2.24) is 0 Å². The van der Waals surface area contributed by atoms with Crippen molar-refractivity contribution in [3.05, 3.63) is 74.7 Å². The van der Waals surface area contributed by atoms with Gasteiger partial charge in [0.2, 0.25) is 0 Å². The number of anilines is 2. The predicted molar refractivity (Wildman–Crippen MR) is 128 cm³/mol. The maximum absolute atomic E-state index is 13.0. The lowest BCUT2D eigenvalue weighted by atomic mass is 10.3. The molecule has 0 amide bonds. The Labute approximate surface area is 205 Å². The van der Waals surface area contributed by atoms with Gasteiger partial charge >= 0.3 is 0 Å². The Morgan fingerprint density at radius 2 is 1.16 bits per heavy atom. The third kappa shape index (κ3) is 5.54. The molecule has 3 aromatic carbocycles. The molecule has 0 saturated heterocycles. The average Bonchev–Trinajstić information content (AvgIpc) is 2.72. The number of rotatable bonds is 7. The number of nitrogens with one attached hydrogen (secondary N) is 2. The van der Waals surface area contributed by atoms with Crippen LogP contribution in [0.25, 0.3) is 0 Å². The Hall–Kier alpha value is -1.88. The summed E-state index contributed by atoms with van der Waals surface area (Å²) >= 11 is 23.6. The van der Waals surface area contributed by atoms with Gasteiger partial charge in [0.05, 0.1) is 43.5 Å². The zero-order chi connectivity index (χ0) is 23.7.